The molecular weight excluding hydrogens is 291 g/mol. The van der Waals surface area contributed by atoms with Gasteiger partial charge in [-0.1, -0.05) is 34.4 Å². The molecule has 0 radical (unpaired) electrons. The van der Waals surface area contributed by atoms with Gasteiger partial charge < -0.3 is 9.47 Å². The lowest BCUT2D eigenvalue weighted by molar-refractivity contribution is 0.368. The number of hydrogen-bond acceptors (Lipinski definition) is 2. The van der Waals surface area contributed by atoms with Crippen LogP contribution in [0.5, 0.6) is 11.5 Å². The molecule has 1 aromatic carbocycles. The van der Waals surface area contributed by atoms with Gasteiger partial charge in [-0.05, 0) is 24.3 Å². The summed E-state index contributed by atoms with van der Waals surface area (Å²) in [5, 5.41) is 0. The van der Waals surface area contributed by atoms with E-state index in [1.54, 1.807) is 7.11 Å². The summed E-state index contributed by atoms with van der Waals surface area (Å²) >= 11 is 2.21. The molecule has 0 atom stereocenters. The lowest BCUT2D eigenvalue weighted by atomic mass is 10.3. The SMILES string of the molecule is COc1ccc(OCC#CCI)cc1. The van der Waals surface area contributed by atoms with Crippen molar-refractivity contribution in [2.75, 3.05) is 18.1 Å². The Kier molecular flexibility index (Phi) is 5.23. The molecule has 0 saturated carbocycles. The zero-order valence-corrected chi connectivity index (χ0v) is 10.1. The Morgan fingerprint density at radius 2 is 1.79 bits per heavy atom. The standard InChI is InChI=1S/C11H11IO2/c1-13-10-4-6-11(7-5-10)14-9-3-2-8-12/h4-7H,8-9H2,1H3. The Balaban J connectivity index is 2.43. The average Bonchev–Trinajstić information content (AvgIpc) is 2.25. The van der Waals surface area contributed by atoms with Crippen LogP contribution in [0.4, 0.5) is 0 Å². The molecule has 0 heterocycles. The van der Waals surface area contributed by atoms with Crippen LogP contribution in [-0.4, -0.2) is 18.1 Å². The van der Waals surface area contributed by atoms with Crippen LogP contribution >= 0.6 is 22.6 Å². The molecule has 0 saturated heterocycles. The molecule has 0 aliphatic rings. The van der Waals surface area contributed by atoms with Crippen LogP contribution in [0.25, 0.3) is 0 Å². The molecule has 1 aromatic rings. The van der Waals surface area contributed by atoms with Gasteiger partial charge in [0.2, 0.25) is 0 Å². The molecule has 0 unspecified atom stereocenters. The Hall–Kier alpha value is -0.890. The van der Waals surface area contributed by atoms with E-state index in [0.717, 1.165) is 15.9 Å². The maximum Gasteiger partial charge on any atom is 0.149 e. The van der Waals surface area contributed by atoms with E-state index in [-0.39, 0.29) is 0 Å². The fraction of sp³-hybridized carbons (Fsp3) is 0.273. The predicted octanol–water partition coefficient (Wildman–Crippen LogP) is 2.51. The van der Waals surface area contributed by atoms with Crippen LogP contribution in [-0.2, 0) is 0 Å². The van der Waals surface area contributed by atoms with Crippen molar-refractivity contribution in [1.82, 2.24) is 0 Å². The molecule has 14 heavy (non-hydrogen) atoms. The monoisotopic (exact) mass is 302 g/mol. The van der Waals surface area contributed by atoms with Crippen molar-refractivity contribution in [3.8, 4) is 23.3 Å². The predicted molar refractivity (Wildman–Crippen MR) is 65.2 cm³/mol. The van der Waals surface area contributed by atoms with Crippen LogP contribution in [0.15, 0.2) is 24.3 Å². The van der Waals surface area contributed by atoms with Crippen molar-refractivity contribution in [1.29, 1.82) is 0 Å². The Bertz CT molecular complexity index is 321. The summed E-state index contributed by atoms with van der Waals surface area (Å²) < 4.78 is 11.2. The summed E-state index contributed by atoms with van der Waals surface area (Å²) in [6, 6.07) is 7.46. The summed E-state index contributed by atoms with van der Waals surface area (Å²) in [5.41, 5.74) is 0. The second kappa shape index (κ2) is 6.55. The lowest BCUT2D eigenvalue weighted by Gasteiger charge is -2.02. The van der Waals surface area contributed by atoms with Gasteiger partial charge in [-0.2, -0.15) is 0 Å². The van der Waals surface area contributed by atoms with E-state index in [1.807, 2.05) is 24.3 Å². The minimum Gasteiger partial charge on any atom is -0.497 e. The van der Waals surface area contributed by atoms with Gasteiger partial charge in [0.15, 0.2) is 0 Å². The first-order valence-electron chi connectivity index (χ1n) is 4.15. The third kappa shape index (κ3) is 3.88. The number of benzene rings is 1. The van der Waals surface area contributed by atoms with Crippen molar-refractivity contribution >= 4 is 22.6 Å². The second-order valence-corrected chi connectivity index (χ2v) is 3.21. The normalized spacial score (nSPS) is 8.71. The van der Waals surface area contributed by atoms with Gasteiger partial charge in [-0.15, -0.1) is 0 Å². The zero-order valence-electron chi connectivity index (χ0n) is 7.92. The van der Waals surface area contributed by atoms with Crippen LogP contribution in [0.1, 0.15) is 0 Å². The Morgan fingerprint density at radius 1 is 1.14 bits per heavy atom. The number of methoxy groups -OCH3 is 1. The number of alkyl halides is 1. The number of halogens is 1. The Labute approximate surface area is 97.7 Å². The highest BCUT2D eigenvalue weighted by molar-refractivity contribution is 14.1. The highest BCUT2D eigenvalue weighted by Gasteiger charge is 1.92. The van der Waals surface area contributed by atoms with Crippen molar-refractivity contribution < 1.29 is 9.47 Å². The van der Waals surface area contributed by atoms with E-state index in [1.165, 1.54) is 0 Å². The Morgan fingerprint density at radius 3 is 2.36 bits per heavy atom. The summed E-state index contributed by atoms with van der Waals surface area (Å²) in [6.07, 6.45) is 0. The minimum atomic E-state index is 0.440. The lowest BCUT2D eigenvalue weighted by Crippen LogP contribution is -1.93. The van der Waals surface area contributed by atoms with E-state index in [2.05, 4.69) is 34.4 Å². The molecule has 0 fully saturated rings. The summed E-state index contributed by atoms with van der Waals surface area (Å²) in [6.45, 7) is 0.440. The molecule has 0 N–H and O–H groups in total. The zero-order chi connectivity index (χ0) is 10.2. The minimum absolute atomic E-state index is 0.440. The van der Waals surface area contributed by atoms with E-state index in [4.69, 9.17) is 9.47 Å². The summed E-state index contributed by atoms with van der Waals surface area (Å²) in [4.78, 5) is 0. The maximum absolute atomic E-state index is 5.38. The van der Waals surface area contributed by atoms with Gasteiger partial charge in [0.25, 0.3) is 0 Å². The van der Waals surface area contributed by atoms with Crippen molar-refractivity contribution in [2.24, 2.45) is 0 Å². The number of ether oxygens (including phenoxy) is 2. The molecule has 0 amide bonds. The van der Waals surface area contributed by atoms with Crippen LogP contribution in [0, 0.1) is 11.8 Å². The maximum atomic E-state index is 5.38. The molecule has 2 nitrogen and oxygen atoms in total. The largest absolute Gasteiger partial charge is 0.497 e. The fourth-order valence-electron chi connectivity index (χ4n) is 0.890. The van der Waals surface area contributed by atoms with Gasteiger partial charge in [0, 0.05) is 0 Å². The van der Waals surface area contributed by atoms with E-state index in [0.29, 0.717) is 6.61 Å². The molecule has 1 rings (SSSR count). The van der Waals surface area contributed by atoms with Crippen LogP contribution in [0.2, 0.25) is 0 Å². The van der Waals surface area contributed by atoms with E-state index < -0.39 is 0 Å². The molecule has 0 aliphatic carbocycles. The van der Waals surface area contributed by atoms with Gasteiger partial charge in [-0.25, -0.2) is 0 Å². The fourth-order valence-corrected chi connectivity index (χ4v) is 1.16. The molecule has 3 heteroatoms. The van der Waals surface area contributed by atoms with E-state index >= 15 is 0 Å². The smallest absolute Gasteiger partial charge is 0.149 e. The molecule has 0 aromatic heterocycles. The first kappa shape index (κ1) is 11.2. The molecule has 0 aliphatic heterocycles. The first-order chi connectivity index (χ1) is 6.86. The van der Waals surface area contributed by atoms with Crippen LogP contribution in [0.3, 0.4) is 0 Å². The van der Waals surface area contributed by atoms with Crippen molar-refractivity contribution in [2.45, 2.75) is 0 Å². The first-order valence-corrected chi connectivity index (χ1v) is 5.68. The third-order valence-electron chi connectivity index (χ3n) is 1.56. The highest BCUT2D eigenvalue weighted by atomic mass is 127. The van der Waals surface area contributed by atoms with E-state index in [9.17, 15) is 0 Å². The van der Waals surface area contributed by atoms with Gasteiger partial charge in [0.1, 0.15) is 18.1 Å². The number of rotatable bonds is 3. The molecule has 0 bridgehead atoms. The second-order valence-electron chi connectivity index (χ2n) is 2.45. The van der Waals surface area contributed by atoms with Crippen molar-refractivity contribution in [3.05, 3.63) is 24.3 Å². The molecular formula is C11H11IO2. The topological polar surface area (TPSA) is 18.5 Å². The molecule has 74 valence electrons. The van der Waals surface area contributed by atoms with Gasteiger partial charge in [0.05, 0.1) is 11.5 Å². The summed E-state index contributed by atoms with van der Waals surface area (Å²) in [5.74, 6) is 7.47. The van der Waals surface area contributed by atoms with Crippen LogP contribution < -0.4 is 9.47 Å². The third-order valence-corrected chi connectivity index (χ3v) is 1.94. The van der Waals surface area contributed by atoms with Crippen molar-refractivity contribution in [3.63, 3.8) is 0 Å². The number of hydrogen-bond donors (Lipinski definition) is 0. The summed E-state index contributed by atoms with van der Waals surface area (Å²) in [7, 11) is 1.64. The van der Waals surface area contributed by atoms with Gasteiger partial charge in [-0.3, -0.25) is 0 Å². The highest BCUT2D eigenvalue weighted by Crippen LogP contribution is 2.16. The quantitative estimate of drug-likeness (QED) is 0.485. The average molecular weight is 302 g/mol. The molecule has 0 spiro atoms. The van der Waals surface area contributed by atoms with Gasteiger partial charge >= 0.3 is 0 Å².